The zero-order valence-corrected chi connectivity index (χ0v) is 31.7. The van der Waals surface area contributed by atoms with E-state index >= 15 is 0 Å². The van der Waals surface area contributed by atoms with E-state index in [-0.39, 0.29) is 30.7 Å². The number of nitrogens with one attached hydrogen (secondary N) is 3. The van der Waals surface area contributed by atoms with Gasteiger partial charge in [0.15, 0.2) is 12.7 Å². The number of carbonyl (C=O) groups is 4. The highest BCUT2D eigenvalue weighted by atomic mass is 32.2. The third kappa shape index (κ3) is 10.8. The van der Waals surface area contributed by atoms with Gasteiger partial charge < -0.3 is 30.7 Å². The normalized spacial score (nSPS) is 20.7. The van der Waals surface area contributed by atoms with Gasteiger partial charge in [-0.2, -0.15) is 0 Å². The first-order valence-corrected chi connectivity index (χ1v) is 20.4. The van der Waals surface area contributed by atoms with Crippen LogP contribution in [0.25, 0.3) is 10.8 Å². The molecule has 0 bridgehead atoms. The monoisotopic (exact) mass is 748 g/mol. The molecule has 0 spiro atoms. The molecule has 4 amide bonds. The van der Waals surface area contributed by atoms with Crippen LogP contribution in [-0.2, 0) is 35.4 Å². The molecule has 3 unspecified atom stereocenters. The molecule has 3 aromatic rings. The van der Waals surface area contributed by atoms with E-state index in [0.29, 0.717) is 17.7 Å². The van der Waals surface area contributed by atoms with E-state index in [1.54, 1.807) is 36.4 Å². The summed E-state index contributed by atoms with van der Waals surface area (Å²) in [4.78, 5) is 56.6. The molecular formula is C40H52N4O8S. The quantitative estimate of drug-likeness (QED) is 0.207. The molecule has 6 atom stereocenters. The maximum absolute atomic E-state index is 14.3. The Bertz CT molecular complexity index is 1870. The fourth-order valence-corrected chi connectivity index (χ4v) is 8.47. The number of benzene rings is 3. The number of ether oxygens (including phenoxy) is 1. The number of piperidine rings is 1. The second-order valence-corrected chi connectivity index (χ2v) is 17.6. The van der Waals surface area contributed by atoms with E-state index < -0.39 is 69.7 Å². The molecule has 1 saturated heterocycles. The Labute approximate surface area is 312 Å². The molecule has 12 nitrogen and oxygen atoms in total. The van der Waals surface area contributed by atoms with Gasteiger partial charge in [0.2, 0.25) is 11.8 Å². The van der Waals surface area contributed by atoms with Crippen molar-refractivity contribution >= 4 is 44.2 Å². The molecule has 0 radical (unpaired) electrons. The Morgan fingerprint density at radius 2 is 1.58 bits per heavy atom. The van der Waals surface area contributed by atoms with Crippen LogP contribution in [-0.4, -0.2) is 97.0 Å². The lowest BCUT2D eigenvalue weighted by molar-refractivity contribution is -0.156. The predicted octanol–water partition coefficient (Wildman–Crippen LogP) is 3.16. The van der Waals surface area contributed by atoms with Gasteiger partial charge in [-0.15, -0.1) is 0 Å². The van der Waals surface area contributed by atoms with Gasteiger partial charge in [-0.05, 0) is 68.9 Å². The predicted molar refractivity (Wildman–Crippen MR) is 203 cm³/mol. The van der Waals surface area contributed by atoms with Gasteiger partial charge in [0.05, 0.1) is 11.8 Å². The first kappa shape index (κ1) is 39.7. The maximum Gasteiger partial charge on any atom is 0.258 e. The van der Waals surface area contributed by atoms with Crippen molar-refractivity contribution in [2.24, 2.45) is 11.8 Å². The molecule has 5 rings (SSSR count). The van der Waals surface area contributed by atoms with Crippen LogP contribution < -0.4 is 20.7 Å². The van der Waals surface area contributed by atoms with Gasteiger partial charge in [-0.1, -0.05) is 86.0 Å². The summed E-state index contributed by atoms with van der Waals surface area (Å²) in [7, 11) is -3.80. The highest BCUT2D eigenvalue weighted by molar-refractivity contribution is 7.90. The fraction of sp³-hybridized carbons (Fsp3) is 0.500. The van der Waals surface area contributed by atoms with Crippen LogP contribution in [0.4, 0.5) is 0 Å². The van der Waals surface area contributed by atoms with Crippen molar-refractivity contribution in [2.75, 3.05) is 25.2 Å². The Morgan fingerprint density at radius 3 is 2.30 bits per heavy atom. The van der Waals surface area contributed by atoms with Crippen LogP contribution in [0.5, 0.6) is 5.75 Å². The zero-order valence-electron chi connectivity index (χ0n) is 30.9. The standard InChI is InChI=1S/C40H52N4O8S/c1-40(2,3)43-38(48)35-30-19-11-9-16-28(30)21-22-44(35)39(49)36(46)31(23-26-13-6-5-7-14-26)42-37(47)32(25-53(4,50)51)41-34(45)24-52-33-20-12-17-27-15-8-10-18-29(27)33/h5-8,10,12-15,17-18,20,28,30-32,35-36,46H,9,11,16,19,21-25H2,1-4H3,(H,41,45)(H,42,47)(H,43,48)/t28?,30?,31-,32-,35?,36-/m0/s1. The van der Waals surface area contributed by atoms with Crippen LogP contribution in [0.3, 0.4) is 0 Å². The molecule has 286 valence electrons. The zero-order chi connectivity index (χ0) is 38.3. The summed E-state index contributed by atoms with van der Waals surface area (Å²) >= 11 is 0. The number of aliphatic hydroxyl groups is 1. The number of aliphatic hydroxyl groups excluding tert-OH is 1. The first-order valence-electron chi connectivity index (χ1n) is 18.3. The summed E-state index contributed by atoms with van der Waals surface area (Å²) < 4.78 is 30.7. The highest BCUT2D eigenvalue weighted by Crippen LogP contribution is 2.40. The first-order chi connectivity index (χ1) is 25.1. The summed E-state index contributed by atoms with van der Waals surface area (Å²) in [6.07, 6.45) is 3.64. The van der Waals surface area contributed by atoms with Crippen LogP contribution in [0.1, 0.15) is 58.4 Å². The van der Waals surface area contributed by atoms with E-state index in [0.717, 1.165) is 42.7 Å². The number of fused-ring (bicyclic) bond motifs is 2. The molecule has 2 fully saturated rings. The van der Waals surface area contributed by atoms with Crippen LogP contribution >= 0.6 is 0 Å². The van der Waals surface area contributed by atoms with E-state index in [1.807, 2.05) is 57.2 Å². The molecule has 1 aliphatic heterocycles. The number of carbonyl (C=O) groups excluding carboxylic acids is 4. The Morgan fingerprint density at radius 1 is 0.906 bits per heavy atom. The van der Waals surface area contributed by atoms with Gasteiger partial charge in [0.1, 0.15) is 27.7 Å². The minimum Gasteiger partial charge on any atom is -0.483 e. The summed E-state index contributed by atoms with van der Waals surface area (Å²) in [5.41, 5.74) is 0.152. The third-order valence-electron chi connectivity index (χ3n) is 9.99. The van der Waals surface area contributed by atoms with Gasteiger partial charge in [0.25, 0.3) is 11.8 Å². The smallest absolute Gasteiger partial charge is 0.258 e. The van der Waals surface area contributed by atoms with Crippen molar-refractivity contribution in [3.63, 3.8) is 0 Å². The second kappa shape index (κ2) is 17.1. The lowest BCUT2D eigenvalue weighted by Gasteiger charge is -2.48. The van der Waals surface area contributed by atoms with Crippen LogP contribution in [0.2, 0.25) is 0 Å². The number of rotatable bonds is 13. The molecule has 1 saturated carbocycles. The Kier molecular flexibility index (Phi) is 12.8. The lowest BCUT2D eigenvalue weighted by Crippen LogP contribution is -2.64. The van der Waals surface area contributed by atoms with Gasteiger partial charge >= 0.3 is 0 Å². The third-order valence-corrected chi connectivity index (χ3v) is 10.9. The molecular weight excluding hydrogens is 697 g/mol. The number of amides is 4. The van der Waals surface area contributed by atoms with Gasteiger partial charge in [-0.25, -0.2) is 8.42 Å². The van der Waals surface area contributed by atoms with E-state index in [9.17, 15) is 32.7 Å². The van der Waals surface area contributed by atoms with E-state index in [4.69, 9.17) is 4.74 Å². The molecule has 53 heavy (non-hydrogen) atoms. The fourth-order valence-electron chi connectivity index (χ4n) is 7.63. The van der Waals surface area contributed by atoms with Crippen LogP contribution in [0.15, 0.2) is 72.8 Å². The summed E-state index contributed by atoms with van der Waals surface area (Å²) in [5.74, 6) is -2.68. The summed E-state index contributed by atoms with van der Waals surface area (Å²) in [6.45, 7) is 5.40. The average Bonchev–Trinajstić information content (AvgIpc) is 3.11. The number of sulfone groups is 1. The average molecular weight is 749 g/mol. The highest BCUT2D eigenvalue weighted by Gasteiger charge is 2.47. The molecule has 2 aliphatic rings. The molecule has 0 aromatic heterocycles. The van der Waals surface area contributed by atoms with Crippen molar-refractivity contribution in [3.05, 3.63) is 78.4 Å². The largest absolute Gasteiger partial charge is 0.483 e. The van der Waals surface area contributed by atoms with Crippen molar-refractivity contribution in [1.29, 1.82) is 0 Å². The van der Waals surface area contributed by atoms with Crippen molar-refractivity contribution < 1.29 is 37.4 Å². The Balaban J connectivity index is 1.36. The molecule has 13 heteroatoms. The Hall–Kier alpha value is -4.49. The summed E-state index contributed by atoms with van der Waals surface area (Å²) in [6, 6.07) is 18.2. The molecule has 4 N–H and O–H groups in total. The number of hydrogen-bond acceptors (Lipinski definition) is 8. The lowest BCUT2D eigenvalue weighted by atomic mass is 9.70. The van der Waals surface area contributed by atoms with Crippen molar-refractivity contribution in [2.45, 2.75) is 89.1 Å². The molecule has 3 aromatic carbocycles. The topological polar surface area (TPSA) is 171 Å². The number of nitrogens with zero attached hydrogens (tertiary/aromatic N) is 1. The number of likely N-dealkylation sites (tertiary alicyclic amines) is 1. The molecule has 1 aliphatic carbocycles. The minimum atomic E-state index is -3.80. The van der Waals surface area contributed by atoms with E-state index in [1.165, 1.54) is 4.90 Å². The second-order valence-electron chi connectivity index (χ2n) is 15.4. The van der Waals surface area contributed by atoms with E-state index in [2.05, 4.69) is 16.0 Å². The SMILES string of the molecule is CC(C)(C)NC(=O)C1C2CCCCC2CCN1C(=O)[C@@H](O)[C@H](Cc1ccccc1)NC(=O)[C@H](CS(C)(=O)=O)NC(=O)COc1cccc2ccccc12. The maximum atomic E-state index is 14.3. The van der Waals surface area contributed by atoms with Crippen LogP contribution in [0, 0.1) is 11.8 Å². The van der Waals surface area contributed by atoms with Gasteiger partial charge in [-0.3, -0.25) is 19.2 Å². The van der Waals surface area contributed by atoms with Gasteiger partial charge in [0, 0.05) is 23.7 Å². The van der Waals surface area contributed by atoms with Crippen molar-refractivity contribution in [1.82, 2.24) is 20.9 Å². The minimum absolute atomic E-state index is 0.0158. The van der Waals surface area contributed by atoms with Crippen molar-refractivity contribution in [3.8, 4) is 5.75 Å². The molecule has 1 heterocycles. The number of hydrogen-bond donors (Lipinski definition) is 4. The summed E-state index contributed by atoms with van der Waals surface area (Å²) in [5, 5.41) is 21.7.